The molecule has 1 amide bonds. The van der Waals surface area contributed by atoms with E-state index in [1.165, 1.54) is 0 Å². The first-order valence-electron chi connectivity index (χ1n) is 5.70. The summed E-state index contributed by atoms with van der Waals surface area (Å²) in [5, 5.41) is 0. The minimum atomic E-state index is 0.0497. The van der Waals surface area contributed by atoms with E-state index in [0.29, 0.717) is 13.2 Å². The van der Waals surface area contributed by atoms with E-state index < -0.39 is 0 Å². The van der Waals surface area contributed by atoms with E-state index in [4.69, 9.17) is 4.74 Å². The van der Waals surface area contributed by atoms with Crippen molar-refractivity contribution in [2.75, 3.05) is 27.3 Å². The molecule has 0 bridgehead atoms. The normalized spacial score (nSPS) is 10.6. The molecular weight excluding hydrogens is 284 g/mol. The van der Waals surface area contributed by atoms with Crippen molar-refractivity contribution in [1.29, 1.82) is 0 Å². The predicted octanol–water partition coefficient (Wildman–Crippen LogP) is 2.38. The summed E-state index contributed by atoms with van der Waals surface area (Å²) in [6.07, 6.45) is 2.78. The molecule has 0 aliphatic carbocycles. The average Bonchev–Trinajstić information content (AvgIpc) is 2.69. The molecule has 0 N–H and O–H groups in total. The number of aryl methyl sites for hydroxylation is 1. The SMILES string of the molecule is CCn1cc(Br)cc1C(=O)N(C)CCCOC. The molecule has 5 heteroatoms. The maximum atomic E-state index is 12.2. The highest BCUT2D eigenvalue weighted by molar-refractivity contribution is 9.10. The van der Waals surface area contributed by atoms with E-state index in [0.717, 1.165) is 23.1 Å². The van der Waals surface area contributed by atoms with E-state index >= 15 is 0 Å². The van der Waals surface area contributed by atoms with Gasteiger partial charge in [-0.2, -0.15) is 0 Å². The molecule has 0 aliphatic heterocycles. The molecule has 0 radical (unpaired) electrons. The summed E-state index contributed by atoms with van der Waals surface area (Å²) >= 11 is 3.39. The molecule has 96 valence electrons. The van der Waals surface area contributed by atoms with Gasteiger partial charge in [-0.1, -0.05) is 0 Å². The number of aromatic nitrogens is 1. The molecule has 1 heterocycles. The lowest BCUT2D eigenvalue weighted by molar-refractivity contribution is 0.0769. The molecule has 0 spiro atoms. The Hall–Kier alpha value is -0.810. The fourth-order valence-corrected chi connectivity index (χ4v) is 2.12. The van der Waals surface area contributed by atoms with Crippen molar-refractivity contribution in [2.24, 2.45) is 0 Å². The lowest BCUT2D eigenvalue weighted by Gasteiger charge is -2.17. The summed E-state index contributed by atoms with van der Waals surface area (Å²) in [5.41, 5.74) is 0.722. The molecular formula is C12H19BrN2O2. The molecule has 1 aromatic rings. The van der Waals surface area contributed by atoms with Crippen LogP contribution in [0.25, 0.3) is 0 Å². The molecule has 1 rings (SSSR count). The Balaban J connectivity index is 2.67. The number of hydrogen-bond acceptors (Lipinski definition) is 2. The highest BCUT2D eigenvalue weighted by Crippen LogP contribution is 2.16. The van der Waals surface area contributed by atoms with Gasteiger partial charge in [-0.15, -0.1) is 0 Å². The fraction of sp³-hybridized carbons (Fsp3) is 0.583. The van der Waals surface area contributed by atoms with Crippen LogP contribution in [0, 0.1) is 0 Å². The largest absolute Gasteiger partial charge is 0.385 e. The topological polar surface area (TPSA) is 34.5 Å². The molecule has 0 fully saturated rings. The van der Waals surface area contributed by atoms with Crippen LogP contribution in [0.3, 0.4) is 0 Å². The first-order chi connectivity index (χ1) is 8.10. The highest BCUT2D eigenvalue weighted by atomic mass is 79.9. The maximum absolute atomic E-state index is 12.2. The third-order valence-corrected chi connectivity index (χ3v) is 3.05. The Bertz CT molecular complexity index is 377. The second-order valence-electron chi connectivity index (χ2n) is 3.90. The van der Waals surface area contributed by atoms with Crippen LogP contribution in [-0.2, 0) is 11.3 Å². The minimum absolute atomic E-state index is 0.0497. The first kappa shape index (κ1) is 14.3. The van der Waals surface area contributed by atoms with Gasteiger partial charge in [-0.05, 0) is 35.3 Å². The molecule has 17 heavy (non-hydrogen) atoms. The standard InChI is InChI=1S/C12H19BrN2O2/c1-4-15-9-10(13)8-11(15)12(16)14(2)6-5-7-17-3/h8-9H,4-7H2,1-3H3. The number of carbonyl (C=O) groups is 1. The van der Waals surface area contributed by atoms with Gasteiger partial charge in [0.25, 0.3) is 5.91 Å². The molecule has 0 atom stereocenters. The number of nitrogens with zero attached hydrogens (tertiary/aromatic N) is 2. The number of rotatable bonds is 6. The van der Waals surface area contributed by atoms with Gasteiger partial charge in [0.05, 0.1) is 0 Å². The molecule has 4 nitrogen and oxygen atoms in total. The lowest BCUT2D eigenvalue weighted by Crippen LogP contribution is -2.30. The Kier molecular flexibility index (Phi) is 5.71. The van der Waals surface area contributed by atoms with Crippen molar-refractivity contribution in [3.63, 3.8) is 0 Å². The van der Waals surface area contributed by atoms with E-state index in [9.17, 15) is 4.79 Å². The van der Waals surface area contributed by atoms with Crippen molar-refractivity contribution in [3.05, 3.63) is 22.4 Å². The quantitative estimate of drug-likeness (QED) is 0.756. The van der Waals surface area contributed by atoms with Gasteiger partial charge in [0.2, 0.25) is 0 Å². The van der Waals surface area contributed by atoms with Gasteiger partial charge in [0, 0.05) is 44.5 Å². The van der Waals surface area contributed by atoms with Crippen molar-refractivity contribution >= 4 is 21.8 Å². The Morgan fingerprint density at radius 3 is 2.88 bits per heavy atom. The van der Waals surface area contributed by atoms with E-state index in [1.54, 1.807) is 12.0 Å². The van der Waals surface area contributed by atoms with Crippen molar-refractivity contribution in [2.45, 2.75) is 19.9 Å². The second kappa shape index (κ2) is 6.81. The van der Waals surface area contributed by atoms with Gasteiger partial charge in [-0.3, -0.25) is 4.79 Å². The van der Waals surface area contributed by atoms with Crippen molar-refractivity contribution in [3.8, 4) is 0 Å². The Morgan fingerprint density at radius 2 is 2.29 bits per heavy atom. The molecule has 0 saturated heterocycles. The zero-order chi connectivity index (χ0) is 12.8. The second-order valence-corrected chi connectivity index (χ2v) is 4.82. The molecule has 1 aromatic heterocycles. The van der Waals surface area contributed by atoms with E-state index in [2.05, 4.69) is 15.9 Å². The van der Waals surface area contributed by atoms with E-state index in [1.807, 2.05) is 30.8 Å². The van der Waals surface area contributed by atoms with Crippen LogP contribution in [0.15, 0.2) is 16.7 Å². The maximum Gasteiger partial charge on any atom is 0.270 e. The van der Waals surface area contributed by atoms with Crippen LogP contribution in [0.5, 0.6) is 0 Å². The molecule has 0 aromatic carbocycles. The summed E-state index contributed by atoms with van der Waals surface area (Å²) in [5.74, 6) is 0.0497. The number of halogens is 1. The summed E-state index contributed by atoms with van der Waals surface area (Å²) in [7, 11) is 3.49. The lowest BCUT2D eigenvalue weighted by atomic mass is 10.3. The van der Waals surface area contributed by atoms with Gasteiger partial charge in [0.1, 0.15) is 5.69 Å². The monoisotopic (exact) mass is 302 g/mol. The fourth-order valence-electron chi connectivity index (χ4n) is 1.66. The van der Waals surface area contributed by atoms with Crippen LogP contribution in [0.1, 0.15) is 23.8 Å². The summed E-state index contributed by atoms with van der Waals surface area (Å²) < 4.78 is 7.86. The number of ether oxygens (including phenoxy) is 1. The smallest absolute Gasteiger partial charge is 0.270 e. The van der Waals surface area contributed by atoms with E-state index in [-0.39, 0.29) is 5.91 Å². The van der Waals surface area contributed by atoms with Gasteiger partial charge in [0.15, 0.2) is 0 Å². The van der Waals surface area contributed by atoms with Gasteiger partial charge < -0.3 is 14.2 Å². The van der Waals surface area contributed by atoms with Crippen molar-refractivity contribution < 1.29 is 9.53 Å². The third-order valence-electron chi connectivity index (χ3n) is 2.61. The van der Waals surface area contributed by atoms with Crippen LogP contribution in [0.2, 0.25) is 0 Å². The molecule has 0 unspecified atom stereocenters. The molecule has 0 aliphatic rings. The summed E-state index contributed by atoms with van der Waals surface area (Å²) in [4.78, 5) is 13.9. The van der Waals surface area contributed by atoms with Crippen LogP contribution in [0.4, 0.5) is 0 Å². The first-order valence-corrected chi connectivity index (χ1v) is 6.49. The summed E-state index contributed by atoms with van der Waals surface area (Å²) in [6.45, 7) is 4.20. The molecule has 0 saturated carbocycles. The third kappa shape index (κ3) is 3.85. The highest BCUT2D eigenvalue weighted by Gasteiger charge is 2.16. The van der Waals surface area contributed by atoms with Gasteiger partial charge in [-0.25, -0.2) is 0 Å². The summed E-state index contributed by atoms with van der Waals surface area (Å²) in [6, 6.07) is 1.86. The number of amides is 1. The Labute approximate surface area is 111 Å². The number of hydrogen-bond donors (Lipinski definition) is 0. The zero-order valence-corrected chi connectivity index (χ0v) is 12.2. The average molecular weight is 303 g/mol. The van der Waals surface area contributed by atoms with Crippen LogP contribution < -0.4 is 0 Å². The number of carbonyl (C=O) groups excluding carboxylic acids is 1. The van der Waals surface area contributed by atoms with Gasteiger partial charge >= 0.3 is 0 Å². The minimum Gasteiger partial charge on any atom is -0.385 e. The van der Waals surface area contributed by atoms with Crippen molar-refractivity contribution in [1.82, 2.24) is 9.47 Å². The van der Waals surface area contributed by atoms with Crippen LogP contribution >= 0.6 is 15.9 Å². The van der Waals surface area contributed by atoms with Crippen LogP contribution in [-0.4, -0.2) is 42.7 Å². The zero-order valence-electron chi connectivity index (χ0n) is 10.6. The Morgan fingerprint density at radius 1 is 1.59 bits per heavy atom. The number of methoxy groups -OCH3 is 1. The predicted molar refractivity (Wildman–Crippen MR) is 71.3 cm³/mol.